The van der Waals surface area contributed by atoms with E-state index in [2.05, 4.69) is 38.8 Å². The first-order valence-corrected chi connectivity index (χ1v) is 7.74. The van der Waals surface area contributed by atoms with Crippen LogP contribution in [0.2, 0.25) is 0 Å². The monoisotopic (exact) mass is 380 g/mol. The average Bonchev–Trinajstić information content (AvgIpc) is 2.33. The maximum atomic E-state index is 12.2. The van der Waals surface area contributed by atoms with Gasteiger partial charge < -0.3 is 0 Å². The number of aryl methyl sites for hydroxylation is 1. The summed E-state index contributed by atoms with van der Waals surface area (Å²) in [5.74, 6) is 0. The minimum Gasteiger partial charge on any atom is -0.299 e. The maximum absolute atomic E-state index is 12.2. The lowest BCUT2D eigenvalue weighted by Crippen LogP contribution is -2.09. The van der Waals surface area contributed by atoms with Gasteiger partial charge in [-0.05, 0) is 35.0 Å². The van der Waals surface area contributed by atoms with Gasteiger partial charge in [0.05, 0.1) is 26.4 Å². The molecule has 1 aromatic heterocycles. The molecule has 0 aliphatic heterocycles. The highest BCUT2D eigenvalue weighted by molar-refractivity contribution is 9.10. The Kier molecular flexibility index (Phi) is 6.26. The van der Waals surface area contributed by atoms with Crippen LogP contribution in [0, 0.1) is 6.92 Å². The Labute approximate surface area is 133 Å². The molecular weight excluding hydrogens is 371 g/mol. The second kappa shape index (κ2) is 7.24. The molecule has 0 fully saturated rings. The summed E-state index contributed by atoms with van der Waals surface area (Å²) in [5, 5.41) is 0.280. The number of rotatable bonds is 5. The van der Waals surface area contributed by atoms with Crippen LogP contribution in [0.1, 0.15) is 5.69 Å². The number of allylic oxidation sites excluding steroid dienone is 3. The molecule has 1 heterocycles. The molecule has 1 unspecified atom stereocenters. The van der Waals surface area contributed by atoms with E-state index in [1.165, 1.54) is 6.08 Å². The van der Waals surface area contributed by atoms with Gasteiger partial charge >= 0.3 is 0 Å². The fourth-order valence-corrected chi connectivity index (χ4v) is 3.16. The summed E-state index contributed by atoms with van der Waals surface area (Å²) in [6, 6.07) is 1.76. The number of nitrogens with one attached hydrogen (secondary N) is 1. The van der Waals surface area contributed by atoms with Gasteiger partial charge in [0.2, 0.25) is 0 Å². The normalized spacial score (nSPS) is 13.5. The van der Waals surface area contributed by atoms with Crippen molar-refractivity contribution in [3.63, 3.8) is 0 Å². The van der Waals surface area contributed by atoms with E-state index in [9.17, 15) is 4.21 Å². The number of halogens is 3. The largest absolute Gasteiger partial charge is 0.299 e. The number of hydrogen-bond acceptors (Lipinski definition) is 2. The van der Waals surface area contributed by atoms with E-state index >= 15 is 0 Å². The minimum atomic E-state index is -1.65. The van der Waals surface area contributed by atoms with Crippen molar-refractivity contribution in [2.75, 3.05) is 4.72 Å². The molecule has 7 heteroatoms. The first-order chi connectivity index (χ1) is 8.86. The maximum Gasteiger partial charge on any atom is 0.153 e. The Bertz CT molecular complexity index is 587. The third-order valence-electron chi connectivity index (χ3n) is 2.08. The number of anilines is 1. The SMILES string of the molecule is C=C/C(Cl)=C(\C(=C)Cl)S(=O)Nc1cc(Br)cnc1C. The summed E-state index contributed by atoms with van der Waals surface area (Å²) in [4.78, 5) is 4.32. The molecule has 0 bridgehead atoms. The molecule has 1 aromatic rings. The average molecular weight is 382 g/mol. The molecule has 0 amide bonds. The number of pyridine rings is 1. The molecule has 1 N–H and O–H groups in total. The third-order valence-corrected chi connectivity index (χ3v) is 4.52. The van der Waals surface area contributed by atoms with Gasteiger partial charge in [0, 0.05) is 10.7 Å². The molecular formula is C12H11BrCl2N2OS. The highest BCUT2D eigenvalue weighted by Gasteiger charge is 2.15. The first kappa shape index (κ1) is 16.4. The molecule has 19 heavy (non-hydrogen) atoms. The van der Waals surface area contributed by atoms with E-state index in [1.54, 1.807) is 19.2 Å². The summed E-state index contributed by atoms with van der Waals surface area (Å²) in [6.07, 6.45) is 3.01. The second-order valence-corrected chi connectivity index (χ2v) is 6.37. The zero-order valence-electron chi connectivity index (χ0n) is 10.0. The van der Waals surface area contributed by atoms with Crippen LogP contribution in [0.15, 0.2) is 50.9 Å². The second-order valence-electron chi connectivity index (χ2n) is 3.44. The molecule has 0 saturated heterocycles. The Hall–Kier alpha value is -0.620. The van der Waals surface area contributed by atoms with E-state index in [0.29, 0.717) is 11.4 Å². The van der Waals surface area contributed by atoms with Crippen molar-refractivity contribution in [1.29, 1.82) is 0 Å². The molecule has 0 aliphatic rings. The lowest BCUT2D eigenvalue weighted by atomic mass is 10.3. The molecule has 0 radical (unpaired) electrons. The van der Waals surface area contributed by atoms with Gasteiger partial charge in [-0.25, -0.2) is 4.21 Å². The van der Waals surface area contributed by atoms with E-state index in [1.807, 2.05) is 0 Å². The Balaban J connectivity index is 3.11. The van der Waals surface area contributed by atoms with Gasteiger partial charge in [0.25, 0.3) is 0 Å². The van der Waals surface area contributed by atoms with E-state index in [-0.39, 0.29) is 15.0 Å². The van der Waals surface area contributed by atoms with Crippen LogP contribution in [0.4, 0.5) is 5.69 Å². The fourth-order valence-electron chi connectivity index (χ4n) is 1.17. The minimum absolute atomic E-state index is 0.0938. The summed E-state index contributed by atoms with van der Waals surface area (Å²) >= 11 is 15.0. The van der Waals surface area contributed by atoms with Crippen molar-refractivity contribution in [2.45, 2.75) is 6.92 Å². The molecule has 0 aromatic carbocycles. The summed E-state index contributed by atoms with van der Waals surface area (Å²) in [5.41, 5.74) is 1.31. The zero-order valence-corrected chi connectivity index (χ0v) is 14.0. The highest BCUT2D eigenvalue weighted by atomic mass is 79.9. The molecule has 0 saturated carbocycles. The van der Waals surface area contributed by atoms with Crippen LogP contribution in [0.5, 0.6) is 0 Å². The first-order valence-electron chi connectivity index (χ1n) is 5.04. The smallest absolute Gasteiger partial charge is 0.153 e. The van der Waals surface area contributed by atoms with Crippen LogP contribution < -0.4 is 4.72 Å². The van der Waals surface area contributed by atoms with Crippen LogP contribution in [0.25, 0.3) is 0 Å². The highest BCUT2D eigenvalue weighted by Crippen LogP contribution is 2.26. The predicted octanol–water partition coefficient (Wildman–Crippen LogP) is 4.62. The molecule has 0 aliphatic carbocycles. The zero-order chi connectivity index (χ0) is 14.6. The van der Waals surface area contributed by atoms with Crippen LogP contribution in [-0.4, -0.2) is 9.19 Å². The van der Waals surface area contributed by atoms with E-state index < -0.39 is 11.0 Å². The van der Waals surface area contributed by atoms with Crippen molar-refractivity contribution >= 4 is 55.8 Å². The van der Waals surface area contributed by atoms with E-state index in [4.69, 9.17) is 23.2 Å². The summed E-state index contributed by atoms with van der Waals surface area (Å²) < 4.78 is 15.8. The molecule has 102 valence electrons. The van der Waals surface area contributed by atoms with Crippen LogP contribution in [-0.2, 0) is 11.0 Å². The third kappa shape index (κ3) is 4.45. The van der Waals surface area contributed by atoms with Crippen molar-refractivity contribution in [3.8, 4) is 0 Å². The standard InChI is InChI=1S/C12H11BrCl2N2OS/c1-4-10(15)12(7(2)14)19(18)17-11-5-9(13)6-16-8(11)3/h4-6,17H,1-2H2,3H3/b12-10-. The quantitative estimate of drug-likeness (QED) is 0.756. The van der Waals surface area contributed by atoms with Crippen LogP contribution >= 0.6 is 39.1 Å². The van der Waals surface area contributed by atoms with Gasteiger partial charge in [-0.2, -0.15) is 0 Å². The molecule has 3 nitrogen and oxygen atoms in total. The van der Waals surface area contributed by atoms with Gasteiger partial charge in [0.15, 0.2) is 11.0 Å². The number of aromatic nitrogens is 1. The number of hydrogen-bond donors (Lipinski definition) is 1. The van der Waals surface area contributed by atoms with Gasteiger partial charge in [-0.1, -0.05) is 36.4 Å². The summed E-state index contributed by atoms with van der Waals surface area (Å²) in [7, 11) is -1.65. The predicted molar refractivity (Wildman–Crippen MR) is 86.5 cm³/mol. The molecule has 1 rings (SSSR count). The van der Waals surface area contributed by atoms with E-state index in [0.717, 1.165) is 4.47 Å². The Morgan fingerprint density at radius 1 is 1.58 bits per heavy atom. The van der Waals surface area contributed by atoms with Crippen LogP contribution in [0.3, 0.4) is 0 Å². The topological polar surface area (TPSA) is 42.0 Å². The lowest BCUT2D eigenvalue weighted by Gasteiger charge is -2.11. The van der Waals surface area contributed by atoms with Gasteiger partial charge in [0.1, 0.15) is 0 Å². The van der Waals surface area contributed by atoms with Crippen molar-refractivity contribution in [2.24, 2.45) is 0 Å². The molecule has 0 spiro atoms. The Morgan fingerprint density at radius 3 is 2.74 bits per heavy atom. The van der Waals surface area contributed by atoms with Crippen molar-refractivity contribution in [1.82, 2.24) is 4.98 Å². The van der Waals surface area contributed by atoms with Crippen molar-refractivity contribution < 1.29 is 4.21 Å². The lowest BCUT2D eigenvalue weighted by molar-refractivity contribution is 0.690. The fraction of sp³-hybridized carbons (Fsp3) is 0.0833. The number of nitrogens with zero attached hydrogens (tertiary/aromatic N) is 1. The van der Waals surface area contributed by atoms with Gasteiger partial charge in [-0.3, -0.25) is 9.71 Å². The Morgan fingerprint density at radius 2 is 2.21 bits per heavy atom. The van der Waals surface area contributed by atoms with Gasteiger partial charge in [-0.15, -0.1) is 0 Å². The molecule has 1 atom stereocenters. The summed E-state index contributed by atoms with van der Waals surface area (Å²) in [6.45, 7) is 8.85. The van der Waals surface area contributed by atoms with Crippen molar-refractivity contribution in [3.05, 3.63) is 56.6 Å².